The van der Waals surface area contributed by atoms with E-state index in [-0.39, 0.29) is 6.03 Å². The van der Waals surface area contributed by atoms with Gasteiger partial charge in [-0.3, -0.25) is 5.10 Å². The summed E-state index contributed by atoms with van der Waals surface area (Å²) in [5.41, 5.74) is 7.46. The smallest absolute Gasteiger partial charge is 0.318 e. The molecule has 0 saturated carbocycles. The Hall–Kier alpha value is -4.06. The van der Waals surface area contributed by atoms with Gasteiger partial charge < -0.3 is 15.0 Å². The topological polar surface area (TPSA) is 70.2 Å². The number of H-pyrrole nitrogens is 1. The second kappa shape index (κ2) is 11.4. The molecule has 0 aliphatic heterocycles. The highest BCUT2D eigenvalue weighted by Gasteiger charge is 2.18. The van der Waals surface area contributed by atoms with Crippen LogP contribution in [0.2, 0.25) is 0 Å². The number of carbonyl (C=O) groups excluding carboxylic acids is 1. The molecule has 0 atom stereocenters. The molecule has 4 aromatic rings. The lowest BCUT2D eigenvalue weighted by atomic mass is 10.1. The number of aromatic amines is 1. The van der Waals surface area contributed by atoms with Crippen molar-refractivity contribution in [2.45, 2.75) is 39.9 Å². The van der Waals surface area contributed by atoms with Crippen molar-refractivity contribution in [1.82, 2.24) is 20.4 Å². The van der Waals surface area contributed by atoms with Crippen molar-refractivity contribution < 1.29 is 9.53 Å². The fourth-order valence-corrected chi connectivity index (χ4v) is 3.94. The molecule has 1 heterocycles. The van der Waals surface area contributed by atoms with Crippen molar-refractivity contribution in [3.05, 3.63) is 107 Å². The van der Waals surface area contributed by atoms with Crippen LogP contribution in [0.4, 0.5) is 4.79 Å². The highest BCUT2D eigenvalue weighted by atomic mass is 16.5. The molecule has 3 aromatic carbocycles. The maximum absolute atomic E-state index is 13.3. The summed E-state index contributed by atoms with van der Waals surface area (Å²) < 4.78 is 5.28. The van der Waals surface area contributed by atoms with Gasteiger partial charge in [0.05, 0.1) is 25.5 Å². The molecule has 0 fully saturated rings. The summed E-state index contributed by atoms with van der Waals surface area (Å²) in [7, 11) is 1.65. The highest BCUT2D eigenvalue weighted by molar-refractivity contribution is 5.75. The van der Waals surface area contributed by atoms with E-state index in [0.29, 0.717) is 19.6 Å². The normalized spacial score (nSPS) is 10.7. The van der Waals surface area contributed by atoms with E-state index in [1.54, 1.807) is 13.3 Å². The van der Waals surface area contributed by atoms with Gasteiger partial charge >= 0.3 is 6.03 Å². The molecule has 2 amide bonds. The predicted octanol–water partition coefficient (Wildman–Crippen LogP) is 5.87. The van der Waals surface area contributed by atoms with Crippen molar-refractivity contribution >= 4 is 6.03 Å². The van der Waals surface area contributed by atoms with Crippen molar-refractivity contribution in [3.63, 3.8) is 0 Å². The van der Waals surface area contributed by atoms with Crippen LogP contribution in [-0.2, 0) is 26.1 Å². The van der Waals surface area contributed by atoms with Crippen molar-refractivity contribution in [1.29, 1.82) is 0 Å². The maximum atomic E-state index is 13.3. The van der Waals surface area contributed by atoms with Crippen LogP contribution in [0.5, 0.6) is 5.75 Å². The van der Waals surface area contributed by atoms with Gasteiger partial charge in [-0.15, -0.1) is 0 Å². The average Bonchev–Trinajstić information content (AvgIpc) is 3.36. The molecule has 35 heavy (non-hydrogen) atoms. The Labute approximate surface area is 207 Å². The first-order valence-electron chi connectivity index (χ1n) is 11.9. The summed E-state index contributed by atoms with van der Waals surface area (Å²) in [6.07, 6.45) is 2.78. The van der Waals surface area contributed by atoms with Crippen LogP contribution in [0, 0.1) is 6.92 Å². The molecular formula is C29H32N4O2. The molecule has 1 aromatic heterocycles. The second-order valence-corrected chi connectivity index (χ2v) is 8.67. The lowest BCUT2D eigenvalue weighted by Crippen LogP contribution is -2.38. The Morgan fingerprint density at radius 2 is 1.57 bits per heavy atom. The molecule has 0 unspecified atom stereocenters. The quantitative estimate of drug-likeness (QED) is 0.323. The van der Waals surface area contributed by atoms with Gasteiger partial charge in [0.15, 0.2) is 0 Å². The summed E-state index contributed by atoms with van der Waals surface area (Å²) in [4.78, 5) is 15.2. The van der Waals surface area contributed by atoms with Crippen molar-refractivity contribution in [2.75, 3.05) is 7.11 Å². The van der Waals surface area contributed by atoms with Crippen LogP contribution in [0.25, 0.3) is 11.3 Å². The lowest BCUT2D eigenvalue weighted by Gasteiger charge is -2.24. The Balaban J connectivity index is 1.54. The van der Waals surface area contributed by atoms with Crippen molar-refractivity contribution in [2.24, 2.45) is 0 Å². The summed E-state index contributed by atoms with van der Waals surface area (Å²) in [6.45, 7) is 5.59. The number of methoxy groups -OCH3 is 1. The second-order valence-electron chi connectivity index (χ2n) is 8.67. The standard InChI is InChI=1S/C29H32N4O2/c1-4-22-9-11-24(12-10-22)19-33(29(34)30-17-23-7-5-21(2)6-8-23)20-26-18-31-32-28(26)25-13-15-27(35-3)16-14-25/h5-16,18H,4,17,19-20H2,1-3H3,(H,30,34)(H,31,32). The van der Waals surface area contributed by atoms with Crippen LogP contribution in [-0.4, -0.2) is 28.2 Å². The van der Waals surface area contributed by atoms with Gasteiger partial charge in [-0.2, -0.15) is 5.10 Å². The van der Waals surface area contributed by atoms with Gasteiger partial charge in [0.25, 0.3) is 0 Å². The number of nitrogens with zero attached hydrogens (tertiary/aromatic N) is 2. The minimum absolute atomic E-state index is 0.118. The van der Waals surface area contributed by atoms with Crippen LogP contribution >= 0.6 is 0 Å². The first-order valence-corrected chi connectivity index (χ1v) is 11.9. The maximum Gasteiger partial charge on any atom is 0.318 e. The Bertz CT molecular complexity index is 1230. The van der Waals surface area contributed by atoms with Gasteiger partial charge in [0, 0.05) is 24.2 Å². The number of hydrogen-bond acceptors (Lipinski definition) is 3. The number of hydrogen-bond donors (Lipinski definition) is 2. The number of rotatable bonds is 9. The third kappa shape index (κ3) is 6.29. The van der Waals surface area contributed by atoms with Gasteiger partial charge in [-0.25, -0.2) is 4.79 Å². The van der Waals surface area contributed by atoms with E-state index in [1.165, 1.54) is 11.1 Å². The number of urea groups is 1. The number of aryl methyl sites for hydroxylation is 2. The summed E-state index contributed by atoms with van der Waals surface area (Å²) in [5, 5.41) is 10.5. The van der Waals surface area contributed by atoms with E-state index in [2.05, 4.69) is 65.8 Å². The van der Waals surface area contributed by atoms with E-state index in [4.69, 9.17) is 4.74 Å². The van der Waals surface area contributed by atoms with Crippen LogP contribution in [0.3, 0.4) is 0 Å². The molecule has 6 nitrogen and oxygen atoms in total. The highest BCUT2D eigenvalue weighted by Crippen LogP contribution is 2.25. The molecular weight excluding hydrogens is 436 g/mol. The minimum atomic E-state index is -0.118. The third-order valence-corrected chi connectivity index (χ3v) is 6.11. The van der Waals surface area contributed by atoms with E-state index < -0.39 is 0 Å². The van der Waals surface area contributed by atoms with E-state index in [1.807, 2.05) is 41.3 Å². The van der Waals surface area contributed by atoms with Gasteiger partial charge in [-0.05, 0) is 54.3 Å². The van der Waals surface area contributed by atoms with Crippen LogP contribution < -0.4 is 10.1 Å². The Morgan fingerprint density at radius 3 is 2.23 bits per heavy atom. The number of benzene rings is 3. The van der Waals surface area contributed by atoms with E-state index in [0.717, 1.165) is 40.1 Å². The molecule has 0 saturated heterocycles. The van der Waals surface area contributed by atoms with Crippen molar-refractivity contribution in [3.8, 4) is 17.0 Å². The lowest BCUT2D eigenvalue weighted by molar-refractivity contribution is 0.192. The predicted molar refractivity (Wildman–Crippen MR) is 139 cm³/mol. The van der Waals surface area contributed by atoms with E-state index >= 15 is 0 Å². The third-order valence-electron chi connectivity index (χ3n) is 6.11. The first kappa shape index (κ1) is 24.1. The minimum Gasteiger partial charge on any atom is -0.497 e. The fourth-order valence-electron chi connectivity index (χ4n) is 3.94. The molecule has 0 radical (unpaired) electrons. The van der Waals surface area contributed by atoms with Gasteiger partial charge in [0.2, 0.25) is 0 Å². The Kier molecular flexibility index (Phi) is 7.83. The van der Waals surface area contributed by atoms with E-state index in [9.17, 15) is 4.79 Å². The zero-order chi connectivity index (χ0) is 24.6. The monoisotopic (exact) mass is 468 g/mol. The molecule has 6 heteroatoms. The molecule has 4 rings (SSSR count). The molecule has 0 aliphatic rings. The van der Waals surface area contributed by atoms with Gasteiger partial charge in [0.1, 0.15) is 5.75 Å². The number of ether oxygens (including phenoxy) is 1. The number of amides is 2. The average molecular weight is 469 g/mol. The number of carbonyl (C=O) groups is 1. The zero-order valence-corrected chi connectivity index (χ0v) is 20.5. The molecule has 0 bridgehead atoms. The zero-order valence-electron chi connectivity index (χ0n) is 20.5. The molecule has 180 valence electrons. The van der Waals surface area contributed by atoms with Crippen LogP contribution in [0.15, 0.2) is 79.0 Å². The number of aromatic nitrogens is 2. The summed E-state index contributed by atoms with van der Waals surface area (Å²) in [5.74, 6) is 0.794. The Morgan fingerprint density at radius 1 is 0.914 bits per heavy atom. The molecule has 0 spiro atoms. The largest absolute Gasteiger partial charge is 0.497 e. The summed E-state index contributed by atoms with van der Waals surface area (Å²) in [6, 6.07) is 24.3. The molecule has 2 N–H and O–H groups in total. The first-order chi connectivity index (χ1) is 17.1. The van der Waals surface area contributed by atoms with Crippen LogP contribution in [0.1, 0.15) is 34.7 Å². The number of nitrogens with one attached hydrogen (secondary N) is 2. The SMILES string of the molecule is CCc1ccc(CN(Cc2cn[nH]c2-c2ccc(OC)cc2)C(=O)NCc2ccc(C)cc2)cc1. The summed E-state index contributed by atoms with van der Waals surface area (Å²) >= 11 is 0. The fraction of sp³-hybridized carbons (Fsp3) is 0.241. The van der Waals surface area contributed by atoms with Gasteiger partial charge in [-0.1, -0.05) is 61.0 Å². The molecule has 0 aliphatic carbocycles.